The molecule has 0 amide bonds. The Balaban J connectivity index is 2.10. The number of aliphatic hydroxyl groups is 1. The van der Waals surface area contributed by atoms with Crippen LogP contribution in [0.5, 0.6) is 11.5 Å². The van der Waals surface area contributed by atoms with Crippen LogP contribution in [0.2, 0.25) is 0 Å². The van der Waals surface area contributed by atoms with E-state index in [1.807, 2.05) is 36.4 Å². The van der Waals surface area contributed by atoms with Crippen LogP contribution >= 0.6 is 0 Å². The van der Waals surface area contributed by atoms with Crippen molar-refractivity contribution in [1.82, 2.24) is 0 Å². The van der Waals surface area contributed by atoms with E-state index in [0.29, 0.717) is 0 Å². The summed E-state index contributed by atoms with van der Waals surface area (Å²) in [5.41, 5.74) is 2.33. The monoisotopic (exact) mass is 256 g/mol. The van der Waals surface area contributed by atoms with Gasteiger partial charge in [-0.3, -0.25) is 0 Å². The fourth-order valence-electron chi connectivity index (χ4n) is 1.82. The third kappa shape index (κ3) is 3.58. The van der Waals surface area contributed by atoms with Crippen LogP contribution < -0.4 is 4.74 Å². The molecule has 0 aliphatic carbocycles. The lowest BCUT2D eigenvalue weighted by atomic mass is 9.87. The molecule has 0 aromatic heterocycles. The molecule has 0 unspecified atom stereocenters. The fraction of sp³-hybridized carbons (Fsp3) is 0.294. The lowest BCUT2D eigenvalue weighted by molar-refractivity contribution is 0.281. The topological polar surface area (TPSA) is 29.5 Å². The van der Waals surface area contributed by atoms with Crippen molar-refractivity contribution in [1.29, 1.82) is 0 Å². The minimum Gasteiger partial charge on any atom is -0.457 e. The molecule has 2 heteroatoms. The summed E-state index contributed by atoms with van der Waals surface area (Å²) >= 11 is 0. The van der Waals surface area contributed by atoms with Gasteiger partial charge >= 0.3 is 0 Å². The highest BCUT2D eigenvalue weighted by Crippen LogP contribution is 2.27. The molecular formula is C17H20O2. The zero-order valence-corrected chi connectivity index (χ0v) is 11.7. The van der Waals surface area contributed by atoms with Crippen molar-refractivity contribution in [2.75, 3.05) is 0 Å². The van der Waals surface area contributed by atoms with Gasteiger partial charge in [0.15, 0.2) is 0 Å². The maximum Gasteiger partial charge on any atom is 0.127 e. The average Bonchev–Trinajstić information content (AvgIpc) is 2.39. The average molecular weight is 256 g/mol. The molecule has 0 aliphatic heterocycles. The van der Waals surface area contributed by atoms with Crippen molar-refractivity contribution < 1.29 is 9.84 Å². The van der Waals surface area contributed by atoms with Gasteiger partial charge in [0.05, 0.1) is 6.61 Å². The van der Waals surface area contributed by atoms with E-state index in [-0.39, 0.29) is 12.0 Å². The molecule has 0 atom stereocenters. The van der Waals surface area contributed by atoms with E-state index in [2.05, 4.69) is 32.9 Å². The molecule has 0 saturated carbocycles. The van der Waals surface area contributed by atoms with Crippen LogP contribution in [0.4, 0.5) is 0 Å². The summed E-state index contributed by atoms with van der Waals surface area (Å²) in [5.74, 6) is 1.60. The zero-order valence-electron chi connectivity index (χ0n) is 11.7. The van der Waals surface area contributed by atoms with E-state index in [1.54, 1.807) is 0 Å². The highest BCUT2D eigenvalue weighted by atomic mass is 16.5. The second-order valence-corrected chi connectivity index (χ2v) is 5.68. The van der Waals surface area contributed by atoms with Gasteiger partial charge in [0, 0.05) is 0 Å². The molecule has 2 aromatic rings. The molecule has 0 heterocycles. The van der Waals surface area contributed by atoms with Gasteiger partial charge < -0.3 is 9.84 Å². The van der Waals surface area contributed by atoms with Crippen molar-refractivity contribution in [2.45, 2.75) is 32.8 Å². The Bertz CT molecular complexity index is 519. The smallest absolute Gasteiger partial charge is 0.127 e. The zero-order chi connectivity index (χ0) is 13.9. The number of hydrogen-bond donors (Lipinski definition) is 1. The first-order chi connectivity index (χ1) is 8.99. The van der Waals surface area contributed by atoms with Crippen molar-refractivity contribution in [2.24, 2.45) is 0 Å². The Kier molecular flexibility index (Phi) is 3.91. The molecule has 2 nitrogen and oxygen atoms in total. The molecule has 0 bridgehead atoms. The van der Waals surface area contributed by atoms with Crippen LogP contribution in [0, 0.1) is 0 Å². The minimum atomic E-state index is 0.0561. The van der Waals surface area contributed by atoms with E-state index in [1.165, 1.54) is 5.56 Å². The largest absolute Gasteiger partial charge is 0.457 e. The molecule has 0 spiro atoms. The summed E-state index contributed by atoms with van der Waals surface area (Å²) in [7, 11) is 0. The van der Waals surface area contributed by atoms with Gasteiger partial charge in [-0.05, 0) is 40.8 Å². The number of hydrogen-bond acceptors (Lipinski definition) is 2. The fourth-order valence-corrected chi connectivity index (χ4v) is 1.82. The third-order valence-corrected chi connectivity index (χ3v) is 3.06. The van der Waals surface area contributed by atoms with Crippen LogP contribution in [0.25, 0.3) is 0 Å². The Hall–Kier alpha value is -1.80. The van der Waals surface area contributed by atoms with Crippen molar-refractivity contribution in [3.05, 3.63) is 59.7 Å². The first kappa shape index (κ1) is 13.6. The van der Waals surface area contributed by atoms with Crippen LogP contribution in [0.3, 0.4) is 0 Å². The summed E-state index contributed by atoms with van der Waals surface area (Å²) in [6.07, 6.45) is 0. The van der Waals surface area contributed by atoms with E-state index in [9.17, 15) is 0 Å². The van der Waals surface area contributed by atoms with E-state index >= 15 is 0 Å². The van der Waals surface area contributed by atoms with Crippen LogP contribution in [-0.2, 0) is 12.0 Å². The number of benzene rings is 2. The van der Waals surface area contributed by atoms with Gasteiger partial charge in [-0.15, -0.1) is 0 Å². The predicted molar refractivity (Wildman–Crippen MR) is 77.6 cm³/mol. The standard InChI is InChI=1S/C17H20O2/c1-17(2,3)14-6-10-16(11-7-14)19-15-8-4-13(12-18)5-9-15/h4-11,18H,12H2,1-3H3. The molecule has 19 heavy (non-hydrogen) atoms. The third-order valence-electron chi connectivity index (χ3n) is 3.06. The quantitative estimate of drug-likeness (QED) is 0.888. The lowest BCUT2D eigenvalue weighted by Crippen LogP contribution is -2.10. The second-order valence-electron chi connectivity index (χ2n) is 5.68. The van der Waals surface area contributed by atoms with Crippen LogP contribution in [0.15, 0.2) is 48.5 Å². The Morgan fingerprint density at radius 2 is 1.32 bits per heavy atom. The van der Waals surface area contributed by atoms with Gasteiger partial charge in [0.25, 0.3) is 0 Å². The number of rotatable bonds is 3. The van der Waals surface area contributed by atoms with Crippen molar-refractivity contribution in [3.8, 4) is 11.5 Å². The van der Waals surface area contributed by atoms with Gasteiger partial charge in [0.1, 0.15) is 11.5 Å². The second kappa shape index (κ2) is 5.45. The maximum atomic E-state index is 8.98. The van der Waals surface area contributed by atoms with Crippen molar-refractivity contribution in [3.63, 3.8) is 0 Å². The van der Waals surface area contributed by atoms with Gasteiger partial charge in [-0.1, -0.05) is 45.0 Å². The molecule has 0 saturated heterocycles. The summed E-state index contributed by atoms with van der Waals surface area (Å²) < 4.78 is 5.76. The van der Waals surface area contributed by atoms with E-state index in [4.69, 9.17) is 9.84 Å². The van der Waals surface area contributed by atoms with Gasteiger partial charge in [-0.2, -0.15) is 0 Å². The lowest BCUT2D eigenvalue weighted by Gasteiger charge is -2.19. The number of aliphatic hydroxyl groups excluding tert-OH is 1. The highest BCUT2D eigenvalue weighted by molar-refractivity contribution is 5.36. The van der Waals surface area contributed by atoms with E-state index in [0.717, 1.165) is 17.1 Å². The number of ether oxygens (including phenoxy) is 1. The molecule has 2 aromatic carbocycles. The van der Waals surface area contributed by atoms with Gasteiger partial charge in [-0.25, -0.2) is 0 Å². The summed E-state index contributed by atoms with van der Waals surface area (Å²) in [6.45, 7) is 6.63. The normalized spacial score (nSPS) is 11.4. The Morgan fingerprint density at radius 1 is 0.842 bits per heavy atom. The van der Waals surface area contributed by atoms with Gasteiger partial charge in [0.2, 0.25) is 0 Å². The molecule has 100 valence electrons. The molecule has 0 fully saturated rings. The van der Waals surface area contributed by atoms with Crippen LogP contribution in [-0.4, -0.2) is 5.11 Å². The summed E-state index contributed by atoms with van der Waals surface area (Å²) in [5, 5.41) is 8.98. The van der Waals surface area contributed by atoms with E-state index < -0.39 is 0 Å². The summed E-state index contributed by atoms with van der Waals surface area (Å²) in [4.78, 5) is 0. The molecule has 1 N–H and O–H groups in total. The molecule has 0 radical (unpaired) electrons. The SMILES string of the molecule is CC(C)(C)c1ccc(Oc2ccc(CO)cc2)cc1. The first-order valence-electron chi connectivity index (χ1n) is 6.47. The van der Waals surface area contributed by atoms with Crippen LogP contribution in [0.1, 0.15) is 31.9 Å². The highest BCUT2D eigenvalue weighted by Gasteiger charge is 2.12. The maximum absolute atomic E-state index is 8.98. The Morgan fingerprint density at radius 3 is 1.74 bits per heavy atom. The minimum absolute atomic E-state index is 0.0561. The molecule has 0 aliphatic rings. The molecule has 2 rings (SSSR count). The Labute approximate surface area is 114 Å². The van der Waals surface area contributed by atoms with Crippen molar-refractivity contribution >= 4 is 0 Å². The first-order valence-corrected chi connectivity index (χ1v) is 6.47. The summed E-state index contributed by atoms with van der Waals surface area (Å²) in [6, 6.07) is 15.6. The predicted octanol–water partition coefficient (Wildman–Crippen LogP) is 4.27. The molecular weight excluding hydrogens is 236 g/mol.